The van der Waals surface area contributed by atoms with Gasteiger partial charge in [-0.05, 0) is 81.6 Å². The molecule has 0 aliphatic rings. The SMILES string of the molecule is c1ccc(-c2ccc(-c3ccc(-c4nc(-c5ccccc5)nc(-c5ccc6c(c5)c5ccccc5n6-c5cccc6c7ccccc7n(-c7ccc8ccccc8c7)c56)n4)cc3)cc2)cc1. The topological polar surface area (TPSA) is 48.5 Å². The van der Waals surface area contributed by atoms with Gasteiger partial charge in [0.15, 0.2) is 17.5 Å². The van der Waals surface area contributed by atoms with Crippen LogP contribution in [-0.2, 0) is 0 Å². The molecule has 3 heterocycles. The lowest BCUT2D eigenvalue weighted by Gasteiger charge is -2.15. The average molecular weight is 842 g/mol. The predicted molar refractivity (Wildman–Crippen MR) is 273 cm³/mol. The lowest BCUT2D eigenvalue weighted by atomic mass is 9.99. The second-order valence-electron chi connectivity index (χ2n) is 16.8. The van der Waals surface area contributed by atoms with Crippen molar-refractivity contribution in [2.45, 2.75) is 0 Å². The van der Waals surface area contributed by atoms with E-state index < -0.39 is 0 Å². The standard InChI is InChI=1S/C61H39N5/c1-3-14-40(15-4-1)42-26-28-43(29-27-42)44-30-32-46(33-31-44)60-62-59(45-17-5-2-6-18-45)63-61(64-60)48-35-37-56-53(39-48)51-21-10-12-24-55(51)66(56)57-25-13-22-52-50-20-9-11-23-54(50)65(58(52)57)49-36-34-41-16-7-8-19-47(41)38-49/h1-39H. The summed E-state index contributed by atoms with van der Waals surface area (Å²) in [6.45, 7) is 0. The molecule has 0 bridgehead atoms. The summed E-state index contributed by atoms with van der Waals surface area (Å²) in [7, 11) is 0. The molecule has 13 aromatic rings. The molecule has 0 saturated carbocycles. The average Bonchev–Trinajstić information content (AvgIpc) is 3.92. The molecule has 0 N–H and O–H groups in total. The third kappa shape index (κ3) is 6.28. The minimum absolute atomic E-state index is 0.622. The molecule has 0 amide bonds. The molecule has 0 aliphatic heterocycles. The van der Waals surface area contributed by atoms with Crippen LogP contribution in [0, 0.1) is 0 Å². The van der Waals surface area contributed by atoms with Gasteiger partial charge in [0.05, 0.1) is 27.8 Å². The zero-order valence-corrected chi connectivity index (χ0v) is 35.8. The Morgan fingerprint density at radius 2 is 0.712 bits per heavy atom. The zero-order chi connectivity index (χ0) is 43.6. The van der Waals surface area contributed by atoms with Crippen LogP contribution >= 0.6 is 0 Å². The summed E-state index contributed by atoms with van der Waals surface area (Å²) in [6.07, 6.45) is 0. The molecular formula is C61H39N5. The van der Waals surface area contributed by atoms with Crippen molar-refractivity contribution in [1.29, 1.82) is 0 Å². The Labute approximate surface area is 381 Å². The minimum atomic E-state index is 0.622. The van der Waals surface area contributed by atoms with Crippen LogP contribution in [0.3, 0.4) is 0 Å². The van der Waals surface area contributed by atoms with Crippen molar-refractivity contribution in [2.24, 2.45) is 0 Å². The van der Waals surface area contributed by atoms with Crippen LogP contribution in [0.2, 0.25) is 0 Å². The van der Waals surface area contributed by atoms with Gasteiger partial charge in [-0.2, -0.15) is 0 Å². The first kappa shape index (κ1) is 37.6. The van der Waals surface area contributed by atoms with Gasteiger partial charge < -0.3 is 9.13 Å². The van der Waals surface area contributed by atoms with Crippen LogP contribution in [0.15, 0.2) is 237 Å². The van der Waals surface area contributed by atoms with Crippen molar-refractivity contribution in [1.82, 2.24) is 24.1 Å². The van der Waals surface area contributed by atoms with E-state index in [1.807, 2.05) is 24.3 Å². The van der Waals surface area contributed by atoms with Gasteiger partial charge in [-0.25, -0.2) is 15.0 Å². The monoisotopic (exact) mass is 841 g/mol. The second-order valence-corrected chi connectivity index (χ2v) is 16.8. The molecule has 0 aliphatic carbocycles. The smallest absolute Gasteiger partial charge is 0.164 e. The number of nitrogens with zero attached hydrogens (tertiary/aromatic N) is 5. The molecule has 0 spiro atoms. The van der Waals surface area contributed by atoms with Crippen LogP contribution in [0.25, 0.3) is 122 Å². The van der Waals surface area contributed by atoms with Gasteiger partial charge in [0.25, 0.3) is 0 Å². The van der Waals surface area contributed by atoms with E-state index in [1.165, 1.54) is 38.2 Å². The lowest BCUT2D eigenvalue weighted by Crippen LogP contribution is -2.01. The number of para-hydroxylation sites is 3. The summed E-state index contributed by atoms with van der Waals surface area (Å²) < 4.78 is 4.87. The number of benzene rings is 10. The highest BCUT2D eigenvalue weighted by Crippen LogP contribution is 2.41. The van der Waals surface area contributed by atoms with E-state index in [2.05, 4.69) is 221 Å². The first-order valence-corrected chi connectivity index (χ1v) is 22.3. The Bertz CT molecular complexity index is 3960. The fourth-order valence-corrected chi connectivity index (χ4v) is 9.78. The van der Waals surface area contributed by atoms with Crippen molar-refractivity contribution < 1.29 is 0 Å². The van der Waals surface area contributed by atoms with Gasteiger partial charge in [-0.1, -0.05) is 188 Å². The second kappa shape index (κ2) is 15.4. The van der Waals surface area contributed by atoms with Crippen LogP contribution in [-0.4, -0.2) is 24.1 Å². The molecule has 10 aromatic carbocycles. The normalized spacial score (nSPS) is 11.6. The molecular weight excluding hydrogens is 803 g/mol. The molecule has 3 aromatic heterocycles. The number of fused-ring (bicyclic) bond motifs is 7. The molecule has 0 unspecified atom stereocenters. The van der Waals surface area contributed by atoms with Gasteiger partial charge in [-0.15, -0.1) is 0 Å². The largest absolute Gasteiger partial charge is 0.307 e. The Balaban J connectivity index is 0.952. The van der Waals surface area contributed by atoms with E-state index in [-0.39, 0.29) is 0 Å². The molecule has 308 valence electrons. The van der Waals surface area contributed by atoms with Gasteiger partial charge in [0.2, 0.25) is 0 Å². The lowest BCUT2D eigenvalue weighted by molar-refractivity contribution is 1.07. The molecule has 0 saturated heterocycles. The summed E-state index contributed by atoms with van der Waals surface area (Å²) in [5.74, 6) is 1.88. The van der Waals surface area contributed by atoms with E-state index in [0.29, 0.717) is 17.5 Å². The molecule has 0 fully saturated rings. The van der Waals surface area contributed by atoms with Crippen molar-refractivity contribution in [3.05, 3.63) is 237 Å². The van der Waals surface area contributed by atoms with Gasteiger partial charge in [0, 0.05) is 43.9 Å². The van der Waals surface area contributed by atoms with Crippen LogP contribution in [0.4, 0.5) is 0 Å². The summed E-state index contributed by atoms with van der Waals surface area (Å²) in [5.41, 5.74) is 14.3. The maximum Gasteiger partial charge on any atom is 0.164 e. The fourth-order valence-electron chi connectivity index (χ4n) is 9.78. The van der Waals surface area contributed by atoms with Crippen LogP contribution in [0.1, 0.15) is 0 Å². The third-order valence-corrected chi connectivity index (χ3v) is 13.0. The summed E-state index contributed by atoms with van der Waals surface area (Å²) >= 11 is 0. The molecule has 0 radical (unpaired) electrons. The Morgan fingerprint density at radius 1 is 0.258 bits per heavy atom. The maximum absolute atomic E-state index is 5.20. The van der Waals surface area contributed by atoms with Crippen molar-refractivity contribution in [3.8, 4) is 67.8 Å². The number of hydrogen-bond donors (Lipinski definition) is 0. The Morgan fingerprint density at radius 3 is 1.38 bits per heavy atom. The van der Waals surface area contributed by atoms with Crippen molar-refractivity contribution in [2.75, 3.05) is 0 Å². The molecule has 13 rings (SSSR count). The summed E-state index contributed by atoms with van der Waals surface area (Å²) in [6, 6.07) is 84.1. The number of hydrogen-bond acceptors (Lipinski definition) is 3. The number of rotatable bonds is 7. The quantitative estimate of drug-likeness (QED) is 0.161. The Kier molecular flexibility index (Phi) is 8.78. The van der Waals surface area contributed by atoms with Gasteiger partial charge >= 0.3 is 0 Å². The summed E-state index contributed by atoms with van der Waals surface area (Å²) in [4.78, 5) is 15.4. The van der Waals surface area contributed by atoms with E-state index in [9.17, 15) is 0 Å². The van der Waals surface area contributed by atoms with E-state index in [0.717, 1.165) is 66.5 Å². The highest BCUT2D eigenvalue weighted by molar-refractivity contribution is 6.15. The zero-order valence-electron chi connectivity index (χ0n) is 35.8. The highest BCUT2D eigenvalue weighted by Gasteiger charge is 2.21. The molecule has 0 atom stereocenters. The highest BCUT2D eigenvalue weighted by atomic mass is 15.1. The molecule has 5 nitrogen and oxygen atoms in total. The van der Waals surface area contributed by atoms with Crippen LogP contribution < -0.4 is 0 Å². The minimum Gasteiger partial charge on any atom is -0.307 e. The van der Waals surface area contributed by atoms with E-state index in [4.69, 9.17) is 15.0 Å². The summed E-state index contributed by atoms with van der Waals surface area (Å²) in [5, 5.41) is 7.14. The maximum atomic E-state index is 5.20. The number of aromatic nitrogens is 5. The first-order valence-electron chi connectivity index (χ1n) is 22.3. The van der Waals surface area contributed by atoms with Crippen molar-refractivity contribution >= 4 is 54.4 Å². The third-order valence-electron chi connectivity index (χ3n) is 13.0. The molecule has 66 heavy (non-hydrogen) atoms. The Hall–Kier alpha value is -8.93. The van der Waals surface area contributed by atoms with Crippen molar-refractivity contribution in [3.63, 3.8) is 0 Å². The van der Waals surface area contributed by atoms with Crippen LogP contribution in [0.5, 0.6) is 0 Å². The fraction of sp³-hybridized carbons (Fsp3) is 0. The molecule has 5 heteroatoms. The predicted octanol–water partition coefficient (Wildman–Crippen LogP) is 15.6. The van der Waals surface area contributed by atoms with E-state index >= 15 is 0 Å². The van der Waals surface area contributed by atoms with Gasteiger partial charge in [0.1, 0.15) is 0 Å². The van der Waals surface area contributed by atoms with Gasteiger partial charge in [-0.3, -0.25) is 0 Å². The van der Waals surface area contributed by atoms with E-state index in [1.54, 1.807) is 0 Å². The first-order chi connectivity index (χ1) is 32.7.